The van der Waals surface area contributed by atoms with Crippen LogP contribution in [-0.2, 0) is 28.6 Å². The Bertz CT molecular complexity index is 1000. The van der Waals surface area contributed by atoms with Gasteiger partial charge in [0.2, 0.25) is 0 Å². The summed E-state index contributed by atoms with van der Waals surface area (Å²) in [5.41, 5.74) is -0.226. The molecule has 33 heavy (non-hydrogen) atoms. The van der Waals surface area contributed by atoms with Crippen molar-refractivity contribution in [3.8, 4) is 0 Å². The number of nitrogens with zero attached hydrogens (tertiary/aromatic N) is 1. The average molecular weight is 482 g/mol. The van der Waals surface area contributed by atoms with E-state index in [9.17, 15) is 18.0 Å². The normalized spacial score (nSPS) is 21.6. The molecular weight excluding hydrogens is 446 g/mol. The Morgan fingerprint density at radius 3 is 1.97 bits per heavy atom. The molecule has 9 heteroatoms. The van der Waals surface area contributed by atoms with Gasteiger partial charge in [0.05, 0.1) is 4.90 Å². The first-order valence-electron chi connectivity index (χ1n) is 10.8. The molecule has 1 aliphatic rings. The third-order valence-electron chi connectivity index (χ3n) is 4.89. The molecule has 1 aromatic carbocycles. The Morgan fingerprint density at radius 2 is 1.52 bits per heavy atom. The second-order valence-corrected chi connectivity index (χ2v) is 12.0. The van der Waals surface area contributed by atoms with E-state index in [-0.39, 0.29) is 11.4 Å². The third kappa shape index (κ3) is 7.04. The summed E-state index contributed by atoms with van der Waals surface area (Å²) in [6.07, 6.45) is -1.99. The summed E-state index contributed by atoms with van der Waals surface area (Å²) in [5.74, 6) is -1.41. The summed E-state index contributed by atoms with van der Waals surface area (Å²) < 4.78 is 42.8. The number of hydrogen-bond donors (Lipinski definition) is 0. The second kappa shape index (κ2) is 9.46. The molecule has 8 nitrogen and oxygen atoms in total. The monoisotopic (exact) mass is 481 g/mol. The van der Waals surface area contributed by atoms with Crippen LogP contribution in [0.3, 0.4) is 0 Å². The maximum atomic E-state index is 13.2. The first-order valence-corrected chi connectivity index (χ1v) is 12.2. The minimum atomic E-state index is -4.25. The zero-order valence-corrected chi connectivity index (χ0v) is 21.5. The molecule has 3 atom stereocenters. The van der Waals surface area contributed by atoms with E-state index in [0.29, 0.717) is 5.57 Å². The van der Waals surface area contributed by atoms with Crippen LogP contribution in [0, 0.1) is 12.8 Å². The van der Waals surface area contributed by atoms with Gasteiger partial charge in [-0.15, -0.1) is 0 Å². The van der Waals surface area contributed by atoms with Crippen LogP contribution in [0.25, 0.3) is 0 Å². The van der Waals surface area contributed by atoms with Crippen LogP contribution < -0.4 is 0 Å². The van der Waals surface area contributed by atoms with Crippen LogP contribution in [0.1, 0.15) is 54.0 Å². The van der Waals surface area contributed by atoms with Crippen molar-refractivity contribution in [3.05, 3.63) is 42.0 Å². The van der Waals surface area contributed by atoms with E-state index in [1.807, 2.05) is 6.92 Å². The summed E-state index contributed by atoms with van der Waals surface area (Å²) in [7, 11) is -4.25. The molecule has 1 saturated heterocycles. The molecular formula is C24H35NO7S. The number of esters is 1. The minimum absolute atomic E-state index is 0.00222. The number of benzene rings is 1. The van der Waals surface area contributed by atoms with Gasteiger partial charge in [-0.05, 0) is 67.5 Å². The standard InChI is InChI=1S/C24H35NO7S/c1-15(2)18-14-25(22(27)31-24(7,8)9)19(21(26)30-23(4,5)6)20(18)32-33(28,29)17-12-10-16(3)11-13-17/h10-13,18-20H,1,14H2,2-9H3/t18-,19+,20-/m1/s1. The zero-order chi connectivity index (χ0) is 25.4. The SMILES string of the molecule is C=C(C)[C@H]1CN(C(=O)OC(C)(C)C)[C@H](C(=O)OC(C)(C)C)[C@@H]1OS(=O)(=O)c1ccc(C)cc1. The van der Waals surface area contributed by atoms with Crippen molar-refractivity contribution in [3.63, 3.8) is 0 Å². The van der Waals surface area contributed by atoms with Crippen LogP contribution in [0.15, 0.2) is 41.3 Å². The highest BCUT2D eigenvalue weighted by Gasteiger charge is 2.53. The lowest BCUT2D eigenvalue weighted by atomic mass is 9.95. The van der Waals surface area contributed by atoms with Crippen molar-refractivity contribution < 1.29 is 31.7 Å². The molecule has 1 heterocycles. The van der Waals surface area contributed by atoms with Gasteiger partial charge in [0.25, 0.3) is 10.1 Å². The predicted molar refractivity (Wildman–Crippen MR) is 124 cm³/mol. The van der Waals surface area contributed by atoms with Gasteiger partial charge in [-0.3, -0.25) is 9.08 Å². The number of amides is 1. The second-order valence-electron chi connectivity index (χ2n) is 10.4. The average Bonchev–Trinajstić information content (AvgIpc) is 2.98. The molecule has 0 aromatic heterocycles. The summed E-state index contributed by atoms with van der Waals surface area (Å²) in [4.78, 5) is 27.3. The highest BCUT2D eigenvalue weighted by atomic mass is 32.2. The number of rotatable bonds is 5. The van der Waals surface area contributed by atoms with Crippen LogP contribution in [0.5, 0.6) is 0 Å². The van der Waals surface area contributed by atoms with Crippen LogP contribution in [0.4, 0.5) is 4.79 Å². The van der Waals surface area contributed by atoms with Crippen LogP contribution in [-0.4, -0.2) is 55.3 Å². The Balaban J connectivity index is 2.51. The van der Waals surface area contributed by atoms with Crippen molar-refractivity contribution in [1.29, 1.82) is 0 Å². The van der Waals surface area contributed by atoms with Gasteiger partial charge in [0.1, 0.15) is 17.3 Å². The molecule has 0 unspecified atom stereocenters. The quantitative estimate of drug-likeness (QED) is 0.353. The third-order valence-corrected chi connectivity index (χ3v) is 6.22. The molecule has 1 aromatic rings. The number of ether oxygens (including phenoxy) is 2. The van der Waals surface area contributed by atoms with E-state index in [1.54, 1.807) is 60.6 Å². The summed E-state index contributed by atoms with van der Waals surface area (Å²) in [5, 5.41) is 0. The van der Waals surface area contributed by atoms with Crippen LogP contribution in [0.2, 0.25) is 0 Å². The highest BCUT2D eigenvalue weighted by Crippen LogP contribution is 2.35. The van der Waals surface area contributed by atoms with E-state index >= 15 is 0 Å². The first kappa shape index (κ1) is 26.9. The van der Waals surface area contributed by atoms with E-state index in [1.165, 1.54) is 17.0 Å². The van der Waals surface area contributed by atoms with Gasteiger partial charge in [-0.1, -0.05) is 29.8 Å². The van der Waals surface area contributed by atoms with Crippen molar-refractivity contribution in [2.45, 2.75) is 83.6 Å². The fourth-order valence-corrected chi connectivity index (χ4v) is 4.53. The van der Waals surface area contributed by atoms with Crippen molar-refractivity contribution in [1.82, 2.24) is 4.90 Å². The summed E-state index contributed by atoms with van der Waals surface area (Å²) in [6.45, 7) is 17.6. The van der Waals surface area contributed by atoms with Gasteiger partial charge in [0, 0.05) is 12.5 Å². The Morgan fingerprint density at radius 1 is 1.00 bits per heavy atom. The maximum Gasteiger partial charge on any atom is 0.411 e. The number of likely N-dealkylation sites (tertiary alicyclic amines) is 1. The maximum absolute atomic E-state index is 13.2. The van der Waals surface area contributed by atoms with Crippen LogP contribution >= 0.6 is 0 Å². The van der Waals surface area contributed by atoms with E-state index in [2.05, 4.69) is 6.58 Å². The molecule has 0 saturated carbocycles. The van der Waals surface area contributed by atoms with Gasteiger partial charge >= 0.3 is 12.1 Å². The van der Waals surface area contributed by atoms with Gasteiger partial charge in [-0.2, -0.15) is 8.42 Å². The number of hydrogen-bond acceptors (Lipinski definition) is 7. The lowest BCUT2D eigenvalue weighted by Crippen LogP contribution is -2.50. The van der Waals surface area contributed by atoms with E-state index < -0.39 is 51.4 Å². The molecule has 0 bridgehead atoms. The lowest BCUT2D eigenvalue weighted by Gasteiger charge is -2.31. The molecule has 0 N–H and O–H groups in total. The topological polar surface area (TPSA) is 99.2 Å². The molecule has 2 rings (SSSR count). The fraction of sp³-hybridized carbons (Fsp3) is 0.583. The zero-order valence-electron chi connectivity index (χ0n) is 20.7. The number of carbonyl (C=O) groups is 2. The molecule has 184 valence electrons. The fourth-order valence-electron chi connectivity index (χ4n) is 3.42. The molecule has 0 aliphatic carbocycles. The lowest BCUT2D eigenvalue weighted by molar-refractivity contribution is -0.162. The largest absolute Gasteiger partial charge is 0.458 e. The highest BCUT2D eigenvalue weighted by molar-refractivity contribution is 7.86. The Hall–Kier alpha value is -2.39. The number of carbonyl (C=O) groups excluding carboxylic acids is 2. The smallest absolute Gasteiger partial charge is 0.411 e. The van der Waals surface area contributed by atoms with Crippen molar-refractivity contribution >= 4 is 22.2 Å². The molecule has 0 radical (unpaired) electrons. The molecule has 0 spiro atoms. The van der Waals surface area contributed by atoms with Gasteiger partial charge in [0.15, 0.2) is 6.04 Å². The van der Waals surface area contributed by atoms with Crippen molar-refractivity contribution in [2.24, 2.45) is 5.92 Å². The molecule has 1 fully saturated rings. The van der Waals surface area contributed by atoms with Gasteiger partial charge in [-0.25, -0.2) is 9.59 Å². The van der Waals surface area contributed by atoms with E-state index in [0.717, 1.165) is 5.56 Å². The minimum Gasteiger partial charge on any atom is -0.458 e. The van der Waals surface area contributed by atoms with E-state index in [4.69, 9.17) is 13.7 Å². The molecule has 1 aliphatic heterocycles. The Labute approximate surface area is 197 Å². The Kier molecular flexibility index (Phi) is 7.70. The summed E-state index contributed by atoms with van der Waals surface area (Å²) in [6, 6.07) is 4.84. The number of aryl methyl sites for hydroxylation is 1. The van der Waals surface area contributed by atoms with Crippen molar-refractivity contribution in [2.75, 3.05) is 6.54 Å². The first-order chi connectivity index (χ1) is 14.9. The predicted octanol–water partition coefficient (Wildman–Crippen LogP) is 4.22. The summed E-state index contributed by atoms with van der Waals surface area (Å²) >= 11 is 0. The van der Waals surface area contributed by atoms with Gasteiger partial charge < -0.3 is 9.47 Å². The molecule has 1 amide bonds.